The molecule has 136 valence electrons. The number of urea groups is 1. The molecule has 0 aliphatic rings. The molecule has 1 aromatic heterocycles. The van der Waals surface area contributed by atoms with E-state index in [1.165, 1.54) is 18.4 Å². The minimum atomic E-state index is -3.29. The predicted octanol–water partition coefficient (Wildman–Crippen LogP) is 2.79. The Hall–Kier alpha value is -1.61. The minimum Gasteiger partial charge on any atom is -0.334 e. The molecule has 0 unspecified atom stereocenters. The van der Waals surface area contributed by atoms with Gasteiger partial charge in [-0.05, 0) is 30.3 Å². The van der Waals surface area contributed by atoms with E-state index in [0.717, 1.165) is 10.4 Å². The molecule has 2 rings (SSSR count). The third-order valence-electron chi connectivity index (χ3n) is 3.50. The van der Waals surface area contributed by atoms with Gasteiger partial charge in [0.05, 0.1) is 16.6 Å². The van der Waals surface area contributed by atoms with Crippen LogP contribution in [-0.4, -0.2) is 33.4 Å². The van der Waals surface area contributed by atoms with Crippen molar-refractivity contribution in [1.82, 2.24) is 14.9 Å². The van der Waals surface area contributed by atoms with Crippen molar-refractivity contribution in [3.05, 3.63) is 56.7 Å². The van der Waals surface area contributed by atoms with Crippen LogP contribution < -0.4 is 10.0 Å². The third-order valence-corrected chi connectivity index (χ3v) is 6.05. The fraction of sp³-hybridized carbons (Fsp3) is 0.312. The van der Waals surface area contributed by atoms with Gasteiger partial charge >= 0.3 is 6.03 Å². The average Bonchev–Trinajstić information content (AvgIpc) is 2.98. The number of benzene rings is 1. The molecule has 25 heavy (non-hydrogen) atoms. The molecule has 9 heteroatoms. The number of carbonyl (C=O) groups is 1. The van der Waals surface area contributed by atoms with Gasteiger partial charge in [-0.2, -0.15) is 0 Å². The molecule has 1 heterocycles. The summed E-state index contributed by atoms with van der Waals surface area (Å²) in [6.07, 6.45) is 0. The number of hydrogen-bond acceptors (Lipinski definition) is 4. The van der Waals surface area contributed by atoms with Gasteiger partial charge in [0, 0.05) is 18.5 Å². The van der Waals surface area contributed by atoms with Crippen LogP contribution in [0.4, 0.5) is 4.79 Å². The maximum absolute atomic E-state index is 12.1. The Morgan fingerprint density at radius 2 is 1.80 bits per heavy atom. The summed E-state index contributed by atoms with van der Waals surface area (Å²) in [7, 11) is -0.180. The summed E-state index contributed by atoms with van der Waals surface area (Å²) >= 11 is 7.33. The number of nitrogens with one attached hydrogen (secondary N) is 2. The van der Waals surface area contributed by atoms with E-state index in [9.17, 15) is 13.2 Å². The molecule has 0 aliphatic heterocycles. The number of nitrogens with zero attached hydrogens (tertiary/aromatic N) is 1. The number of hydrogen-bond donors (Lipinski definition) is 2. The molecule has 2 aromatic rings. The highest BCUT2D eigenvalue weighted by Gasteiger charge is 2.11. The Morgan fingerprint density at radius 1 is 1.16 bits per heavy atom. The third kappa shape index (κ3) is 6.32. The molecule has 0 saturated heterocycles. The summed E-state index contributed by atoms with van der Waals surface area (Å²) in [4.78, 5) is 14.7. The summed E-state index contributed by atoms with van der Waals surface area (Å²) < 4.78 is 26.0. The second kappa shape index (κ2) is 8.66. The molecule has 0 spiro atoms. The van der Waals surface area contributed by atoms with Gasteiger partial charge in [-0.15, -0.1) is 11.3 Å². The molecule has 6 nitrogen and oxygen atoms in total. The largest absolute Gasteiger partial charge is 0.334 e. The van der Waals surface area contributed by atoms with Crippen LogP contribution in [0.3, 0.4) is 0 Å². The lowest BCUT2D eigenvalue weighted by molar-refractivity contribution is 0.207. The van der Waals surface area contributed by atoms with Crippen molar-refractivity contribution in [1.29, 1.82) is 0 Å². The smallest absolute Gasteiger partial charge is 0.317 e. The molecule has 0 atom stereocenters. The second-order valence-electron chi connectivity index (χ2n) is 5.50. The average molecular weight is 402 g/mol. The Balaban J connectivity index is 1.84. The van der Waals surface area contributed by atoms with E-state index in [0.29, 0.717) is 23.0 Å². The maximum atomic E-state index is 12.1. The quantitative estimate of drug-likeness (QED) is 0.748. The normalized spacial score (nSPS) is 11.3. The highest BCUT2D eigenvalue weighted by Crippen LogP contribution is 2.22. The summed E-state index contributed by atoms with van der Waals surface area (Å²) in [5.74, 6) is -0.0672. The van der Waals surface area contributed by atoms with E-state index in [1.807, 2.05) is 12.1 Å². The van der Waals surface area contributed by atoms with Crippen molar-refractivity contribution in [2.24, 2.45) is 0 Å². The fourth-order valence-electron chi connectivity index (χ4n) is 2.10. The lowest BCUT2D eigenvalue weighted by atomic mass is 10.1. The first-order chi connectivity index (χ1) is 11.8. The van der Waals surface area contributed by atoms with E-state index in [-0.39, 0.29) is 11.8 Å². The highest BCUT2D eigenvalue weighted by molar-refractivity contribution is 7.88. The van der Waals surface area contributed by atoms with Crippen LogP contribution in [-0.2, 0) is 28.9 Å². The molecule has 1 aromatic carbocycles. The van der Waals surface area contributed by atoms with Crippen LogP contribution in [0.5, 0.6) is 0 Å². The summed E-state index contributed by atoms with van der Waals surface area (Å²) in [6.45, 7) is 0.859. The first-order valence-corrected chi connectivity index (χ1v) is 10.4. The molecule has 0 fully saturated rings. The molecule has 0 saturated carbocycles. The van der Waals surface area contributed by atoms with Gasteiger partial charge in [0.2, 0.25) is 10.0 Å². The van der Waals surface area contributed by atoms with E-state index >= 15 is 0 Å². The number of amides is 2. The van der Waals surface area contributed by atoms with E-state index < -0.39 is 10.0 Å². The van der Waals surface area contributed by atoms with Crippen LogP contribution in [0.2, 0.25) is 4.34 Å². The lowest BCUT2D eigenvalue weighted by Gasteiger charge is -2.17. The van der Waals surface area contributed by atoms with E-state index in [2.05, 4.69) is 10.0 Å². The standard InChI is InChI=1S/C16H20ClN3O3S2/c1-18-25(22,23)11-13-5-3-12(4-6-13)9-19-16(21)20(2)10-14-7-8-15(17)24-14/h3-8,18H,9-11H2,1-2H3,(H,19,21). The topological polar surface area (TPSA) is 78.5 Å². The Labute approximate surface area is 156 Å². The number of halogens is 1. The fourth-order valence-corrected chi connectivity index (χ4v) is 4.02. The monoisotopic (exact) mass is 401 g/mol. The van der Waals surface area contributed by atoms with Crippen LogP contribution in [0.25, 0.3) is 0 Å². The summed E-state index contributed by atoms with van der Waals surface area (Å²) in [6, 6.07) is 10.6. The zero-order valence-electron chi connectivity index (χ0n) is 14.0. The Bertz CT molecular complexity index is 819. The van der Waals surface area contributed by atoms with E-state index in [4.69, 9.17) is 11.6 Å². The van der Waals surface area contributed by atoms with E-state index in [1.54, 1.807) is 36.2 Å². The van der Waals surface area contributed by atoms with Crippen molar-refractivity contribution in [2.45, 2.75) is 18.8 Å². The highest BCUT2D eigenvalue weighted by atomic mass is 35.5. The maximum Gasteiger partial charge on any atom is 0.317 e. The van der Waals surface area contributed by atoms with Crippen LogP contribution >= 0.6 is 22.9 Å². The van der Waals surface area contributed by atoms with Gasteiger partial charge < -0.3 is 10.2 Å². The Kier molecular flexibility index (Phi) is 6.83. The number of thiophene rings is 1. The number of rotatable bonds is 7. The Morgan fingerprint density at radius 3 is 2.36 bits per heavy atom. The van der Waals surface area contributed by atoms with Crippen molar-refractivity contribution in [2.75, 3.05) is 14.1 Å². The first-order valence-electron chi connectivity index (χ1n) is 7.51. The van der Waals surface area contributed by atoms with Gasteiger partial charge in [-0.25, -0.2) is 17.9 Å². The first kappa shape index (κ1) is 19.7. The molecular formula is C16H20ClN3O3S2. The molecule has 2 N–H and O–H groups in total. The van der Waals surface area contributed by atoms with Gasteiger partial charge in [-0.3, -0.25) is 0 Å². The zero-order valence-corrected chi connectivity index (χ0v) is 16.3. The van der Waals surface area contributed by atoms with Crippen molar-refractivity contribution in [3.63, 3.8) is 0 Å². The summed E-state index contributed by atoms with van der Waals surface area (Å²) in [5, 5.41) is 2.83. The molecule has 0 radical (unpaired) electrons. The van der Waals surface area contributed by atoms with Crippen molar-refractivity contribution in [3.8, 4) is 0 Å². The van der Waals surface area contributed by atoms with Crippen LogP contribution in [0, 0.1) is 0 Å². The molecular weight excluding hydrogens is 382 g/mol. The molecule has 0 bridgehead atoms. The summed E-state index contributed by atoms with van der Waals surface area (Å²) in [5.41, 5.74) is 1.59. The van der Waals surface area contributed by atoms with Gasteiger partial charge in [0.1, 0.15) is 0 Å². The van der Waals surface area contributed by atoms with Gasteiger partial charge in [0.25, 0.3) is 0 Å². The molecule has 0 aliphatic carbocycles. The number of carbonyl (C=O) groups excluding carboxylic acids is 1. The minimum absolute atomic E-state index is 0.0672. The SMILES string of the molecule is CNS(=O)(=O)Cc1ccc(CNC(=O)N(C)Cc2ccc(Cl)s2)cc1. The van der Waals surface area contributed by atoms with Crippen molar-refractivity contribution >= 4 is 39.0 Å². The lowest BCUT2D eigenvalue weighted by Crippen LogP contribution is -2.36. The van der Waals surface area contributed by atoms with Crippen LogP contribution in [0.15, 0.2) is 36.4 Å². The molecule has 2 amide bonds. The number of sulfonamides is 1. The second-order valence-corrected chi connectivity index (χ2v) is 9.23. The van der Waals surface area contributed by atoms with Crippen molar-refractivity contribution < 1.29 is 13.2 Å². The van der Waals surface area contributed by atoms with Crippen LogP contribution in [0.1, 0.15) is 16.0 Å². The zero-order chi connectivity index (χ0) is 18.4. The van der Waals surface area contributed by atoms with Gasteiger partial charge in [-0.1, -0.05) is 35.9 Å². The van der Waals surface area contributed by atoms with Gasteiger partial charge in [0.15, 0.2) is 0 Å². The predicted molar refractivity (Wildman–Crippen MR) is 101 cm³/mol.